The molecule has 0 spiro atoms. The first-order chi connectivity index (χ1) is 8.36. The number of anilines is 1. The molecule has 1 aromatic heterocycles. The summed E-state index contributed by atoms with van der Waals surface area (Å²) in [6.45, 7) is 1.82. The number of hydrogen-bond acceptors (Lipinski definition) is 4. The fourth-order valence-electron chi connectivity index (χ4n) is 2.68. The second-order valence-electron chi connectivity index (χ2n) is 4.78. The Labute approximate surface area is 101 Å². The summed E-state index contributed by atoms with van der Waals surface area (Å²) in [6.07, 6.45) is 5.24. The number of hydrogen-bond donors (Lipinski definition) is 1. The van der Waals surface area contributed by atoms with Crippen molar-refractivity contribution in [1.29, 1.82) is 0 Å². The van der Waals surface area contributed by atoms with Gasteiger partial charge in [0.15, 0.2) is 0 Å². The van der Waals surface area contributed by atoms with Gasteiger partial charge in [-0.1, -0.05) is 11.2 Å². The third-order valence-corrected chi connectivity index (χ3v) is 3.72. The molecule has 1 aromatic rings. The Bertz CT molecular complexity index is 446. The first kappa shape index (κ1) is 10.6. The average Bonchev–Trinajstić information content (AvgIpc) is 2.86. The SMILES string of the molecule is ON=C1CCN(c2ccc3c(n2)CCC3)CC1. The predicted octanol–water partition coefficient (Wildman–Crippen LogP) is 2.00. The van der Waals surface area contributed by atoms with Crippen LogP contribution in [0.3, 0.4) is 0 Å². The smallest absolute Gasteiger partial charge is 0.128 e. The van der Waals surface area contributed by atoms with Crippen LogP contribution in [0.5, 0.6) is 0 Å². The van der Waals surface area contributed by atoms with Gasteiger partial charge in [0.2, 0.25) is 0 Å². The zero-order valence-electron chi connectivity index (χ0n) is 9.89. The summed E-state index contributed by atoms with van der Waals surface area (Å²) in [5.74, 6) is 1.09. The molecule has 1 aliphatic heterocycles. The maximum Gasteiger partial charge on any atom is 0.128 e. The minimum absolute atomic E-state index is 0.843. The predicted molar refractivity (Wildman–Crippen MR) is 66.9 cm³/mol. The molecule has 0 radical (unpaired) electrons. The summed E-state index contributed by atoms with van der Waals surface area (Å²) < 4.78 is 0. The maximum atomic E-state index is 8.73. The van der Waals surface area contributed by atoms with Gasteiger partial charge < -0.3 is 10.1 Å². The lowest BCUT2D eigenvalue weighted by atomic mass is 10.1. The Balaban J connectivity index is 1.77. The van der Waals surface area contributed by atoms with Crippen molar-refractivity contribution >= 4 is 11.5 Å². The molecule has 0 bridgehead atoms. The molecule has 17 heavy (non-hydrogen) atoms. The Morgan fingerprint density at radius 1 is 1.12 bits per heavy atom. The molecule has 0 saturated carbocycles. The van der Waals surface area contributed by atoms with Gasteiger partial charge in [-0.2, -0.15) is 0 Å². The van der Waals surface area contributed by atoms with Crippen molar-refractivity contribution in [2.45, 2.75) is 32.1 Å². The summed E-state index contributed by atoms with van der Waals surface area (Å²) >= 11 is 0. The van der Waals surface area contributed by atoms with Crippen LogP contribution in [-0.4, -0.2) is 29.0 Å². The minimum atomic E-state index is 0.843. The van der Waals surface area contributed by atoms with E-state index >= 15 is 0 Å². The molecule has 4 nitrogen and oxygen atoms in total. The number of nitrogens with zero attached hydrogens (tertiary/aromatic N) is 3. The Hall–Kier alpha value is -1.58. The van der Waals surface area contributed by atoms with E-state index in [0.29, 0.717) is 0 Å². The number of fused-ring (bicyclic) bond motifs is 1. The molecular weight excluding hydrogens is 214 g/mol. The van der Waals surface area contributed by atoms with E-state index < -0.39 is 0 Å². The highest BCUT2D eigenvalue weighted by Gasteiger charge is 2.19. The molecular formula is C13H17N3O. The first-order valence-corrected chi connectivity index (χ1v) is 6.30. The van der Waals surface area contributed by atoms with Crippen LogP contribution in [0.25, 0.3) is 0 Å². The number of oxime groups is 1. The zero-order chi connectivity index (χ0) is 11.7. The molecule has 1 N–H and O–H groups in total. The highest BCUT2D eigenvalue weighted by atomic mass is 16.4. The maximum absolute atomic E-state index is 8.73. The molecule has 0 aromatic carbocycles. The minimum Gasteiger partial charge on any atom is -0.411 e. The van der Waals surface area contributed by atoms with Crippen molar-refractivity contribution in [3.8, 4) is 0 Å². The highest BCUT2D eigenvalue weighted by molar-refractivity contribution is 5.86. The Morgan fingerprint density at radius 3 is 2.71 bits per heavy atom. The van der Waals surface area contributed by atoms with Gasteiger partial charge in [0, 0.05) is 31.6 Å². The molecule has 4 heteroatoms. The van der Waals surface area contributed by atoms with Crippen molar-refractivity contribution in [1.82, 2.24) is 4.98 Å². The number of aryl methyl sites for hydroxylation is 2. The Morgan fingerprint density at radius 2 is 1.94 bits per heavy atom. The van der Waals surface area contributed by atoms with Crippen molar-refractivity contribution in [2.24, 2.45) is 5.16 Å². The lowest BCUT2D eigenvalue weighted by Gasteiger charge is -2.28. The summed E-state index contributed by atoms with van der Waals surface area (Å²) in [7, 11) is 0. The monoisotopic (exact) mass is 231 g/mol. The van der Waals surface area contributed by atoms with Crippen LogP contribution in [0.4, 0.5) is 5.82 Å². The normalized spacial score (nSPS) is 19.3. The summed E-state index contributed by atoms with van der Waals surface area (Å²) in [4.78, 5) is 7.04. The van der Waals surface area contributed by atoms with Gasteiger partial charge in [0.05, 0.1) is 5.71 Å². The molecule has 1 aliphatic carbocycles. The van der Waals surface area contributed by atoms with Gasteiger partial charge >= 0.3 is 0 Å². The van der Waals surface area contributed by atoms with Gasteiger partial charge in [-0.05, 0) is 30.9 Å². The molecule has 0 atom stereocenters. The van der Waals surface area contributed by atoms with E-state index in [1.165, 1.54) is 24.1 Å². The lowest BCUT2D eigenvalue weighted by molar-refractivity contribution is 0.315. The van der Waals surface area contributed by atoms with Crippen molar-refractivity contribution in [3.63, 3.8) is 0 Å². The number of rotatable bonds is 1. The van der Waals surface area contributed by atoms with Gasteiger partial charge in [0.1, 0.15) is 5.82 Å². The zero-order valence-corrected chi connectivity index (χ0v) is 9.89. The van der Waals surface area contributed by atoms with Gasteiger partial charge in [-0.25, -0.2) is 4.98 Å². The second kappa shape index (κ2) is 4.35. The molecule has 0 amide bonds. The van der Waals surface area contributed by atoms with Crippen LogP contribution >= 0.6 is 0 Å². The van der Waals surface area contributed by atoms with E-state index in [0.717, 1.165) is 43.9 Å². The highest BCUT2D eigenvalue weighted by Crippen LogP contribution is 2.24. The number of aromatic nitrogens is 1. The van der Waals surface area contributed by atoms with Crippen LogP contribution in [0.1, 0.15) is 30.5 Å². The van der Waals surface area contributed by atoms with Crippen molar-refractivity contribution in [3.05, 3.63) is 23.4 Å². The van der Waals surface area contributed by atoms with Crippen LogP contribution in [0.2, 0.25) is 0 Å². The standard InChI is InChI=1S/C13H17N3O/c17-15-11-6-8-16(9-7-11)13-5-4-10-2-1-3-12(10)14-13/h4-5,17H,1-3,6-9H2. The molecule has 90 valence electrons. The van der Waals surface area contributed by atoms with Gasteiger partial charge in [-0.3, -0.25) is 0 Å². The van der Waals surface area contributed by atoms with Crippen LogP contribution < -0.4 is 4.90 Å². The van der Waals surface area contributed by atoms with E-state index in [1.54, 1.807) is 0 Å². The largest absolute Gasteiger partial charge is 0.411 e. The van der Waals surface area contributed by atoms with Crippen molar-refractivity contribution in [2.75, 3.05) is 18.0 Å². The molecule has 0 unspecified atom stereocenters. The third kappa shape index (κ3) is 1.99. The topological polar surface area (TPSA) is 48.7 Å². The second-order valence-corrected chi connectivity index (χ2v) is 4.78. The third-order valence-electron chi connectivity index (χ3n) is 3.72. The van der Waals surface area contributed by atoms with Crippen LogP contribution in [-0.2, 0) is 12.8 Å². The van der Waals surface area contributed by atoms with Crippen molar-refractivity contribution < 1.29 is 5.21 Å². The molecule has 2 heterocycles. The summed E-state index contributed by atoms with van der Waals surface area (Å²) in [5, 5.41) is 12.0. The van der Waals surface area contributed by atoms with E-state index in [9.17, 15) is 0 Å². The lowest BCUT2D eigenvalue weighted by Crippen LogP contribution is -2.34. The fraction of sp³-hybridized carbons (Fsp3) is 0.538. The Kier molecular flexibility index (Phi) is 2.71. The number of pyridine rings is 1. The molecule has 1 saturated heterocycles. The van der Waals surface area contributed by atoms with E-state index in [4.69, 9.17) is 10.2 Å². The van der Waals surface area contributed by atoms with E-state index in [2.05, 4.69) is 22.2 Å². The van der Waals surface area contributed by atoms with Gasteiger partial charge in [-0.15, -0.1) is 0 Å². The average molecular weight is 231 g/mol. The van der Waals surface area contributed by atoms with Crippen LogP contribution in [0.15, 0.2) is 17.3 Å². The summed E-state index contributed by atoms with van der Waals surface area (Å²) in [5.41, 5.74) is 3.61. The molecule has 1 fully saturated rings. The molecule has 2 aliphatic rings. The number of piperidine rings is 1. The molecule has 3 rings (SSSR count). The van der Waals surface area contributed by atoms with Crippen LogP contribution in [0, 0.1) is 0 Å². The van der Waals surface area contributed by atoms with E-state index in [1.807, 2.05) is 0 Å². The quantitative estimate of drug-likeness (QED) is 0.594. The first-order valence-electron chi connectivity index (χ1n) is 6.30. The fourth-order valence-corrected chi connectivity index (χ4v) is 2.68. The summed E-state index contributed by atoms with van der Waals surface area (Å²) in [6, 6.07) is 4.35. The van der Waals surface area contributed by atoms with Gasteiger partial charge in [0.25, 0.3) is 0 Å². The van der Waals surface area contributed by atoms with E-state index in [-0.39, 0.29) is 0 Å².